The standard InChI is InChI=1S/C12H16FN5O2/c1-3-12(11(19)20-2,16-6-7-17-18-14)10-5-4-9(13)8-15-10/h4-5,8,16H,3,6-7H2,1-2H3. The Kier molecular flexibility index (Phi) is 5.89. The molecule has 0 amide bonds. The zero-order valence-corrected chi connectivity index (χ0v) is 11.3. The largest absolute Gasteiger partial charge is 0.467 e. The van der Waals surface area contributed by atoms with Crippen LogP contribution < -0.4 is 5.32 Å². The molecule has 0 saturated heterocycles. The van der Waals surface area contributed by atoms with Gasteiger partial charge in [-0.05, 0) is 24.1 Å². The molecule has 1 N–H and O–H groups in total. The summed E-state index contributed by atoms with van der Waals surface area (Å²) >= 11 is 0. The Balaban J connectivity index is 3.07. The molecule has 0 fully saturated rings. The van der Waals surface area contributed by atoms with Crippen LogP contribution in [0.15, 0.2) is 23.4 Å². The van der Waals surface area contributed by atoms with Crippen LogP contribution in [0.4, 0.5) is 4.39 Å². The molecule has 0 aliphatic rings. The van der Waals surface area contributed by atoms with E-state index < -0.39 is 17.3 Å². The van der Waals surface area contributed by atoms with Gasteiger partial charge in [0.1, 0.15) is 5.82 Å². The van der Waals surface area contributed by atoms with Crippen molar-refractivity contribution in [3.63, 3.8) is 0 Å². The average molecular weight is 281 g/mol. The molecule has 0 spiro atoms. The van der Waals surface area contributed by atoms with Crippen molar-refractivity contribution in [2.75, 3.05) is 20.2 Å². The van der Waals surface area contributed by atoms with Crippen molar-refractivity contribution in [1.82, 2.24) is 10.3 Å². The molecule has 1 aromatic heterocycles. The molecule has 0 aliphatic heterocycles. The molecule has 1 rings (SSSR count). The Hall–Kier alpha value is -2.18. The lowest BCUT2D eigenvalue weighted by Crippen LogP contribution is -2.51. The molecule has 0 saturated carbocycles. The van der Waals surface area contributed by atoms with Gasteiger partial charge in [-0.15, -0.1) is 0 Å². The highest BCUT2D eigenvalue weighted by molar-refractivity contribution is 5.81. The van der Waals surface area contributed by atoms with Crippen LogP contribution in [0, 0.1) is 5.82 Å². The Morgan fingerprint density at radius 2 is 2.40 bits per heavy atom. The molecule has 0 bridgehead atoms. The van der Waals surface area contributed by atoms with Gasteiger partial charge in [-0.2, -0.15) is 0 Å². The molecular formula is C12H16FN5O2. The molecule has 1 heterocycles. The van der Waals surface area contributed by atoms with Crippen LogP contribution in [0.2, 0.25) is 0 Å². The van der Waals surface area contributed by atoms with Crippen LogP contribution in [-0.4, -0.2) is 31.2 Å². The van der Waals surface area contributed by atoms with Gasteiger partial charge in [-0.25, -0.2) is 9.18 Å². The van der Waals surface area contributed by atoms with Crippen LogP contribution in [0.1, 0.15) is 19.0 Å². The third-order valence-corrected chi connectivity index (χ3v) is 2.93. The van der Waals surface area contributed by atoms with Gasteiger partial charge in [0.2, 0.25) is 0 Å². The molecule has 0 aromatic carbocycles. The zero-order valence-electron chi connectivity index (χ0n) is 11.3. The summed E-state index contributed by atoms with van der Waals surface area (Å²) in [7, 11) is 1.27. The fraction of sp³-hybridized carbons (Fsp3) is 0.500. The maximum absolute atomic E-state index is 13.0. The first-order valence-electron chi connectivity index (χ1n) is 6.07. The van der Waals surface area contributed by atoms with Crippen molar-refractivity contribution in [3.8, 4) is 0 Å². The van der Waals surface area contributed by atoms with Gasteiger partial charge in [0.05, 0.1) is 19.0 Å². The third kappa shape index (κ3) is 3.43. The highest BCUT2D eigenvalue weighted by Crippen LogP contribution is 2.25. The Labute approximate surface area is 115 Å². The SMILES string of the molecule is CCC(NCCN=[N+]=[N-])(C(=O)OC)c1ccc(F)cn1. The van der Waals surface area contributed by atoms with Gasteiger partial charge in [0.15, 0.2) is 5.54 Å². The fourth-order valence-electron chi connectivity index (χ4n) is 1.88. The summed E-state index contributed by atoms with van der Waals surface area (Å²) in [6.45, 7) is 2.23. The summed E-state index contributed by atoms with van der Waals surface area (Å²) in [5.74, 6) is -1.02. The first-order valence-corrected chi connectivity index (χ1v) is 6.07. The second kappa shape index (κ2) is 7.42. The number of halogens is 1. The van der Waals surface area contributed by atoms with E-state index in [2.05, 4.69) is 20.3 Å². The van der Waals surface area contributed by atoms with Crippen LogP contribution in [0.25, 0.3) is 10.4 Å². The highest BCUT2D eigenvalue weighted by Gasteiger charge is 2.40. The van der Waals surface area contributed by atoms with Gasteiger partial charge in [0.25, 0.3) is 0 Å². The third-order valence-electron chi connectivity index (χ3n) is 2.93. The summed E-state index contributed by atoms with van der Waals surface area (Å²) in [5.41, 5.74) is 7.41. The number of rotatable bonds is 7. The number of hydrogen-bond acceptors (Lipinski definition) is 5. The summed E-state index contributed by atoms with van der Waals surface area (Å²) < 4.78 is 17.8. The quantitative estimate of drug-likeness (QED) is 0.271. The highest BCUT2D eigenvalue weighted by atomic mass is 19.1. The lowest BCUT2D eigenvalue weighted by molar-refractivity contribution is -0.149. The van der Waals surface area contributed by atoms with E-state index in [1.807, 2.05) is 0 Å². The number of pyridine rings is 1. The summed E-state index contributed by atoms with van der Waals surface area (Å²) in [6.07, 6.45) is 1.40. The minimum atomic E-state index is -1.19. The lowest BCUT2D eigenvalue weighted by Gasteiger charge is -2.30. The van der Waals surface area contributed by atoms with Gasteiger partial charge in [-0.1, -0.05) is 12.0 Å². The predicted molar refractivity (Wildman–Crippen MR) is 70.2 cm³/mol. The smallest absolute Gasteiger partial charge is 0.332 e. The van der Waals surface area contributed by atoms with Crippen molar-refractivity contribution in [3.05, 3.63) is 40.3 Å². The van der Waals surface area contributed by atoms with Gasteiger partial charge in [0, 0.05) is 18.0 Å². The van der Waals surface area contributed by atoms with E-state index in [-0.39, 0.29) is 13.1 Å². The molecule has 20 heavy (non-hydrogen) atoms. The maximum atomic E-state index is 13.0. The van der Waals surface area contributed by atoms with Crippen molar-refractivity contribution in [1.29, 1.82) is 0 Å². The van der Waals surface area contributed by atoms with Crippen LogP contribution in [0.3, 0.4) is 0 Å². The number of ether oxygens (including phenoxy) is 1. The Morgan fingerprint density at radius 1 is 1.65 bits per heavy atom. The number of esters is 1. The molecule has 1 unspecified atom stereocenters. The van der Waals surface area contributed by atoms with Crippen LogP contribution in [-0.2, 0) is 15.1 Å². The van der Waals surface area contributed by atoms with Crippen LogP contribution >= 0.6 is 0 Å². The molecule has 1 aromatic rings. The van der Waals surface area contributed by atoms with Crippen molar-refractivity contribution < 1.29 is 13.9 Å². The number of nitrogens with zero attached hydrogens (tertiary/aromatic N) is 4. The predicted octanol–water partition coefficient (Wildman–Crippen LogP) is 1.90. The number of azide groups is 1. The van der Waals surface area contributed by atoms with E-state index in [4.69, 9.17) is 10.3 Å². The minimum absolute atomic E-state index is 0.177. The Bertz CT molecular complexity index is 501. The van der Waals surface area contributed by atoms with E-state index in [0.717, 1.165) is 6.20 Å². The summed E-state index contributed by atoms with van der Waals surface area (Å²) in [5, 5.41) is 6.37. The number of hydrogen-bond donors (Lipinski definition) is 1. The zero-order chi connectivity index (χ0) is 15.0. The minimum Gasteiger partial charge on any atom is -0.467 e. The second-order valence-electron chi connectivity index (χ2n) is 3.99. The van der Waals surface area contributed by atoms with Crippen LogP contribution in [0.5, 0.6) is 0 Å². The molecule has 0 radical (unpaired) electrons. The lowest BCUT2D eigenvalue weighted by atomic mass is 9.91. The maximum Gasteiger partial charge on any atom is 0.332 e. The van der Waals surface area contributed by atoms with E-state index in [9.17, 15) is 9.18 Å². The summed E-state index contributed by atoms with van der Waals surface area (Å²) in [4.78, 5) is 18.7. The number of carbonyl (C=O) groups excluding carboxylic acids is 1. The van der Waals surface area contributed by atoms with Crippen molar-refractivity contribution >= 4 is 5.97 Å². The first kappa shape index (κ1) is 15.9. The molecule has 108 valence electrons. The topological polar surface area (TPSA) is 100.0 Å². The van der Waals surface area contributed by atoms with Gasteiger partial charge in [-0.3, -0.25) is 10.3 Å². The van der Waals surface area contributed by atoms with Crippen molar-refractivity contribution in [2.24, 2.45) is 5.11 Å². The van der Waals surface area contributed by atoms with E-state index in [0.29, 0.717) is 12.1 Å². The Morgan fingerprint density at radius 3 is 2.90 bits per heavy atom. The molecule has 7 nitrogen and oxygen atoms in total. The number of nitrogens with one attached hydrogen (secondary N) is 1. The summed E-state index contributed by atoms with van der Waals surface area (Å²) in [6, 6.07) is 2.65. The van der Waals surface area contributed by atoms with Gasteiger partial charge < -0.3 is 4.74 Å². The number of methoxy groups -OCH3 is 1. The number of carbonyl (C=O) groups is 1. The average Bonchev–Trinajstić information content (AvgIpc) is 2.48. The van der Waals surface area contributed by atoms with E-state index in [1.54, 1.807) is 6.92 Å². The molecule has 0 aliphatic carbocycles. The normalized spacial score (nSPS) is 13.2. The fourth-order valence-corrected chi connectivity index (χ4v) is 1.88. The van der Waals surface area contributed by atoms with E-state index in [1.165, 1.54) is 19.2 Å². The molecular weight excluding hydrogens is 265 g/mol. The van der Waals surface area contributed by atoms with Crippen molar-refractivity contribution in [2.45, 2.75) is 18.9 Å². The molecule has 1 atom stereocenters. The number of aromatic nitrogens is 1. The first-order chi connectivity index (χ1) is 9.60. The molecule has 8 heteroatoms. The monoisotopic (exact) mass is 281 g/mol. The second-order valence-corrected chi connectivity index (χ2v) is 3.99. The van der Waals surface area contributed by atoms with E-state index >= 15 is 0 Å². The van der Waals surface area contributed by atoms with Gasteiger partial charge >= 0.3 is 5.97 Å².